The largest absolute Gasteiger partial charge is 0.368 e. The third-order valence-electron chi connectivity index (χ3n) is 1.70. The Hall–Kier alpha value is -1.62. The van der Waals surface area contributed by atoms with Crippen LogP contribution in [0.25, 0.3) is 0 Å². The fourth-order valence-corrected chi connectivity index (χ4v) is 2.73. The lowest BCUT2D eigenvalue weighted by atomic mass is 10.7. The molecule has 0 aliphatic carbocycles. The average Bonchev–Trinajstić information content (AvgIpc) is 2.91. The Kier molecular flexibility index (Phi) is 4.29. The molecule has 0 spiro atoms. The Morgan fingerprint density at radius 3 is 1.72 bits per heavy atom. The minimum Gasteiger partial charge on any atom is -0.368 e. The second kappa shape index (κ2) is 5.35. The van der Waals surface area contributed by atoms with E-state index >= 15 is 0 Å². The monoisotopic (exact) mass is 294 g/mol. The number of rotatable bonds is 2. The molecule has 0 aromatic carbocycles. The molecular formula is C8H10N2O6S2. The maximum absolute atomic E-state index is 10.5. The molecule has 0 bridgehead atoms. The van der Waals surface area contributed by atoms with Gasteiger partial charge >= 0.3 is 10.1 Å². The Morgan fingerprint density at radius 1 is 0.889 bits per heavy atom. The predicted octanol–water partition coefficient (Wildman–Crippen LogP) is 0.523. The van der Waals surface area contributed by atoms with Crippen LogP contribution in [0.3, 0.4) is 0 Å². The van der Waals surface area contributed by atoms with Gasteiger partial charge in [0, 0.05) is 18.6 Å². The normalized spacial score (nSPS) is 11.7. The molecule has 18 heavy (non-hydrogen) atoms. The number of hydrogen-bond donors (Lipinski definition) is 4. The van der Waals surface area contributed by atoms with E-state index in [1.807, 2.05) is 29.5 Å². The topological polar surface area (TPSA) is 140 Å². The van der Waals surface area contributed by atoms with E-state index < -0.39 is 30.2 Å². The molecule has 8 nitrogen and oxygen atoms in total. The highest BCUT2D eigenvalue weighted by molar-refractivity contribution is 7.89. The van der Waals surface area contributed by atoms with Crippen molar-refractivity contribution in [3.63, 3.8) is 0 Å². The molecule has 100 valence electrons. The maximum atomic E-state index is 10.5. The molecule has 2 aromatic rings. The van der Waals surface area contributed by atoms with Crippen molar-refractivity contribution in [2.75, 3.05) is 0 Å². The summed E-state index contributed by atoms with van der Waals surface area (Å²) in [6.45, 7) is 0. The fourth-order valence-electron chi connectivity index (χ4n) is 1.02. The highest BCUT2D eigenvalue weighted by Gasteiger charge is 2.24. The molecule has 0 aliphatic rings. The summed E-state index contributed by atoms with van der Waals surface area (Å²) in [6, 6.07) is 4.71. The molecule has 0 fully saturated rings. The van der Waals surface area contributed by atoms with Gasteiger partial charge in [-0.3, -0.25) is 9.11 Å². The Balaban J connectivity index is 0.000000269. The summed E-state index contributed by atoms with van der Waals surface area (Å²) in [6.07, 6.45) is 4.71. The number of H-pyrrole nitrogens is 2. The highest BCUT2D eigenvalue weighted by atomic mass is 32.2. The molecule has 0 saturated carbocycles. The molecule has 0 radical (unpaired) electrons. The van der Waals surface area contributed by atoms with Crippen LogP contribution in [0.4, 0.5) is 0 Å². The fraction of sp³-hybridized carbons (Fsp3) is 0. The summed E-state index contributed by atoms with van der Waals surface area (Å²) in [5, 5.41) is -0.949. The van der Waals surface area contributed by atoms with Crippen molar-refractivity contribution >= 4 is 20.2 Å². The molecule has 2 heterocycles. The molecule has 0 aliphatic heterocycles. The third kappa shape index (κ3) is 4.00. The van der Waals surface area contributed by atoms with Crippen LogP contribution in [-0.2, 0) is 20.2 Å². The van der Waals surface area contributed by atoms with Crippen molar-refractivity contribution in [2.24, 2.45) is 0 Å². The van der Waals surface area contributed by atoms with Gasteiger partial charge in [-0.2, -0.15) is 16.8 Å². The van der Waals surface area contributed by atoms with Crippen LogP contribution < -0.4 is 0 Å². The van der Waals surface area contributed by atoms with E-state index in [-0.39, 0.29) is 0 Å². The minimum absolute atomic E-state index is 0.818. The standard InChI is InChI=1S/C4H5NO6S2.C4H5N/c6-12(7,8)3-1-2-5-4(3)13(9,10)11;1-2-4-5-3-1/h1-2,5H,(H,6,7,8)(H,9,10,11);1-5H. The van der Waals surface area contributed by atoms with E-state index in [0.29, 0.717) is 0 Å². The summed E-state index contributed by atoms with van der Waals surface area (Å²) in [7, 11) is -9.31. The second-order valence-corrected chi connectivity index (χ2v) is 5.75. The molecule has 0 atom stereocenters. The lowest BCUT2D eigenvalue weighted by Crippen LogP contribution is -2.06. The molecule has 0 amide bonds. The first kappa shape index (κ1) is 14.4. The van der Waals surface area contributed by atoms with Crippen molar-refractivity contribution in [1.29, 1.82) is 0 Å². The number of aromatic nitrogens is 2. The molecular weight excluding hydrogens is 284 g/mol. The Labute approximate surface area is 103 Å². The van der Waals surface area contributed by atoms with Gasteiger partial charge in [0.25, 0.3) is 10.1 Å². The zero-order valence-electron chi connectivity index (χ0n) is 8.81. The lowest BCUT2D eigenvalue weighted by Gasteiger charge is -1.95. The summed E-state index contributed by atoms with van der Waals surface area (Å²) in [4.78, 5) is 3.96. The molecule has 2 rings (SSSR count). The van der Waals surface area contributed by atoms with E-state index in [2.05, 4.69) is 4.98 Å². The van der Waals surface area contributed by atoms with Gasteiger partial charge in [0.05, 0.1) is 0 Å². The van der Waals surface area contributed by atoms with Crippen LogP contribution in [0, 0.1) is 0 Å². The van der Waals surface area contributed by atoms with Crippen molar-refractivity contribution < 1.29 is 25.9 Å². The summed E-state index contributed by atoms with van der Waals surface area (Å²) >= 11 is 0. The highest BCUT2D eigenvalue weighted by Crippen LogP contribution is 2.17. The molecule has 10 heteroatoms. The zero-order valence-corrected chi connectivity index (χ0v) is 10.4. The van der Waals surface area contributed by atoms with Gasteiger partial charge < -0.3 is 9.97 Å². The van der Waals surface area contributed by atoms with Crippen LogP contribution in [0.1, 0.15) is 0 Å². The molecule has 4 N–H and O–H groups in total. The maximum Gasteiger partial charge on any atom is 0.311 e. The van der Waals surface area contributed by atoms with Crippen LogP contribution in [0.2, 0.25) is 0 Å². The van der Waals surface area contributed by atoms with Crippen molar-refractivity contribution in [3.8, 4) is 0 Å². The number of aromatic amines is 2. The number of nitrogens with one attached hydrogen (secondary N) is 2. The Morgan fingerprint density at radius 2 is 1.44 bits per heavy atom. The van der Waals surface area contributed by atoms with Crippen molar-refractivity contribution in [2.45, 2.75) is 9.92 Å². The molecule has 0 saturated heterocycles. The SMILES string of the molecule is O=S(=O)(O)c1cc[nH]c1S(=O)(=O)O.c1cc[nH]c1. The first-order valence-corrected chi connectivity index (χ1v) is 7.31. The summed E-state index contributed by atoms with van der Waals surface area (Å²) in [5.41, 5.74) is 0. The van der Waals surface area contributed by atoms with Crippen molar-refractivity contribution in [3.05, 3.63) is 36.8 Å². The van der Waals surface area contributed by atoms with Crippen LogP contribution in [0.15, 0.2) is 46.7 Å². The van der Waals surface area contributed by atoms with Crippen LogP contribution in [-0.4, -0.2) is 35.9 Å². The summed E-state index contributed by atoms with van der Waals surface area (Å²) in [5.74, 6) is 0. The number of hydrogen-bond acceptors (Lipinski definition) is 4. The van der Waals surface area contributed by atoms with Gasteiger partial charge in [-0.25, -0.2) is 0 Å². The van der Waals surface area contributed by atoms with Gasteiger partial charge in [-0.05, 0) is 18.2 Å². The van der Waals surface area contributed by atoms with E-state index in [1.54, 1.807) is 0 Å². The van der Waals surface area contributed by atoms with Gasteiger partial charge in [-0.15, -0.1) is 0 Å². The van der Waals surface area contributed by atoms with Gasteiger partial charge in [-0.1, -0.05) is 0 Å². The summed E-state index contributed by atoms with van der Waals surface area (Å²) < 4.78 is 59.0. The van der Waals surface area contributed by atoms with E-state index in [1.165, 1.54) is 0 Å². The Bertz CT molecular complexity index is 620. The average molecular weight is 294 g/mol. The van der Waals surface area contributed by atoms with E-state index in [0.717, 1.165) is 12.3 Å². The smallest absolute Gasteiger partial charge is 0.311 e. The predicted molar refractivity (Wildman–Crippen MR) is 61.2 cm³/mol. The first-order chi connectivity index (χ1) is 8.23. The van der Waals surface area contributed by atoms with Gasteiger partial charge in [0.2, 0.25) is 0 Å². The third-order valence-corrected chi connectivity index (χ3v) is 3.58. The van der Waals surface area contributed by atoms with Gasteiger partial charge in [0.15, 0.2) is 5.03 Å². The van der Waals surface area contributed by atoms with E-state index in [9.17, 15) is 16.8 Å². The van der Waals surface area contributed by atoms with Gasteiger partial charge in [0.1, 0.15) is 4.90 Å². The van der Waals surface area contributed by atoms with E-state index in [4.69, 9.17) is 9.11 Å². The van der Waals surface area contributed by atoms with Crippen LogP contribution >= 0.6 is 0 Å². The molecule has 2 aromatic heterocycles. The zero-order chi connectivity index (χ0) is 13.8. The first-order valence-electron chi connectivity index (χ1n) is 4.43. The lowest BCUT2D eigenvalue weighted by molar-refractivity contribution is 0.464. The second-order valence-electron chi connectivity index (χ2n) is 3.01. The van der Waals surface area contributed by atoms with Crippen molar-refractivity contribution in [1.82, 2.24) is 9.97 Å². The minimum atomic E-state index is -4.67. The molecule has 0 unspecified atom stereocenters. The van der Waals surface area contributed by atoms with Crippen LogP contribution in [0.5, 0.6) is 0 Å². The quantitative estimate of drug-likeness (QED) is 0.595.